The van der Waals surface area contributed by atoms with Crippen LogP contribution < -0.4 is 4.90 Å². The molecule has 2 aromatic rings. The lowest BCUT2D eigenvalue weighted by molar-refractivity contribution is -0.896. The average Bonchev–Trinajstić information content (AvgIpc) is 2.69. The van der Waals surface area contributed by atoms with Gasteiger partial charge in [-0.1, -0.05) is 30.3 Å². The van der Waals surface area contributed by atoms with E-state index in [1.807, 2.05) is 30.3 Å². The van der Waals surface area contributed by atoms with Gasteiger partial charge in [-0.3, -0.25) is 4.79 Å². The molecular weight excluding hydrogens is 381 g/mol. The lowest BCUT2D eigenvalue weighted by atomic mass is 10.2. The molecule has 1 saturated heterocycles. The van der Waals surface area contributed by atoms with Crippen molar-refractivity contribution in [2.45, 2.75) is 11.4 Å². The molecule has 0 saturated carbocycles. The predicted octanol–water partition coefficient (Wildman–Crippen LogP) is 0.374. The zero-order valence-electron chi connectivity index (χ0n) is 15.8. The summed E-state index contributed by atoms with van der Waals surface area (Å²) in [4.78, 5) is 15.3. The molecule has 150 valence electrons. The number of sulfonamides is 1. The van der Waals surface area contributed by atoms with Gasteiger partial charge in [0.25, 0.3) is 5.91 Å². The number of piperazine rings is 1. The maximum absolute atomic E-state index is 13.0. The molecule has 1 heterocycles. The van der Waals surface area contributed by atoms with Crippen molar-refractivity contribution in [1.82, 2.24) is 9.21 Å². The molecule has 0 unspecified atom stereocenters. The number of halogens is 1. The Balaban J connectivity index is 1.52. The second-order valence-corrected chi connectivity index (χ2v) is 8.96. The van der Waals surface area contributed by atoms with E-state index in [1.165, 1.54) is 16.4 Å². The molecule has 6 nitrogen and oxygen atoms in total. The fraction of sp³-hybridized carbons (Fsp3) is 0.350. The van der Waals surface area contributed by atoms with Gasteiger partial charge in [0.15, 0.2) is 6.54 Å². The van der Waals surface area contributed by atoms with Crippen molar-refractivity contribution in [2.75, 3.05) is 39.8 Å². The number of nitrogens with one attached hydrogen (secondary N) is 1. The number of likely N-dealkylation sites (N-methyl/N-ethyl adjacent to an activating group) is 1. The Morgan fingerprint density at radius 3 is 2.29 bits per heavy atom. The number of hydrogen-bond acceptors (Lipinski definition) is 3. The zero-order valence-corrected chi connectivity index (χ0v) is 16.7. The molecule has 1 aliphatic rings. The van der Waals surface area contributed by atoms with Gasteiger partial charge in [-0.15, -0.1) is 0 Å². The molecule has 2 aromatic carbocycles. The summed E-state index contributed by atoms with van der Waals surface area (Å²) in [6.07, 6.45) is 0. The summed E-state index contributed by atoms with van der Waals surface area (Å²) in [6, 6.07) is 14.7. The normalized spacial score (nSPS) is 16.1. The lowest BCUT2D eigenvalue weighted by Gasteiger charge is -2.32. The molecule has 0 bridgehead atoms. The highest BCUT2D eigenvalue weighted by molar-refractivity contribution is 7.89. The molecule has 8 heteroatoms. The maximum atomic E-state index is 13.0. The minimum atomic E-state index is -3.63. The molecule has 0 spiro atoms. The van der Waals surface area contributed by atoms with Crippen molar-refractivity contribution in [2.24, 2.45) is 0 Å². The second-order valence-electron chi connectivity index (χ2n) is 7.02. The fourth-order valence-electron chi connectivity index (χ4n) is 3.27. The van der Waals surface area contributed by atoms with E-state index in [0.29, 0.717) is 39.3 Å². The third-order valence-corrected chi connectivity index (χ3v) is 6.88. The van der Waals surface area contributed by atoms with Crippen LogP contribution in [0.1, 0.15) is 5.56 Å². The summed E-state index contributed by atoms with van der Waals surface area (Å²) in [6.45, 7) is 2.69. The van der Waals surface area contributed by atoms with Gasteiger partial charge in [0.2, 0.25) is 10.0 Å². The van der Waals surface area contributed by atoms with Gasteiger partial charge in [0.05, 0.1) is 31.1 Å². The molecule has 1 amide bonds. The van der Waals surface area contributed by atoms with Crippen LogP contribution in [0.3, 0.4) is 0 Å². The van der Waals surface area contributed by atoms with E-state index in [4.69, 9.17) is 0 Å². The fourth-order valence-corrected chi connectivity index (χ4v) is 4.71. The zero-order chi connectivity index (χ0) is 20.1. The summed E-state index contributed by atoms with van der Waals surface area (Å²) < 4.78 is 39.8. The van der Waals surface area contributed by atoms with Gasteiger partial charge >= 0.3 is 0 Å². The maximum Gasteiger partial charge on any atom is 0.277 e. The summed E-state index contributed by atoms with van der Waals surface area (Å²) in [5.41, 5.74) is 1.07. The van der Waals surface area contributed by atoms with E-state index in [1.54, 1.807) is 11.9 Å². The number of carbonyl (C=O) groups excluding carboxylic acids is 1. The number of hydrogen-bond donors (Lipinski definition) is 1. The third-order valence-electron chi connectivity index (χ3n) is 4.97. The van der Waals surface area contributed by atoms with Crippen LogP contribution in [0.2, 0.25) is 0 Å². The van der Waals surface area contributed by atoms with E-state index in [2.05, 4.69) is 0 Å². The molecule has 1 aliphatic heterocycles. The topological polar surface area (TPSA) is 62.1 Å². The van der Waals surface area contributed by atoms with Crippen molar-refractivity contribution >= 4 is 15.9 Å². The Morgan fingerprint density at radius 1 is 1.07 bits per heavy atom. The highest BCUT2D eigenvalue weighted by atomic mass is 32.2. The molecule has 0 radical (unpaired) electrons. The molecule has 28 heavy (non-hydrogen) atoms. The van der Waals surface area contributed by atoms with Gasteiger partial charge in [-0.2, -0.15) is 4.31 Å². The summed E-state index contributed by atoms with van der Waals surface area (Å²) >= 11 is 0. The van der Waals surface area contributed by atoms with Gasteiger partial charge in [0.1, 0.15) is 5.82 Å². The molecule has 3 rings (SSSR count). The van der Waals surface area contributed by atoms with Crippen LogP contribution in [0.4, 0.5) is 4.39 Å². The first kappa shape index (κ1) is 20.4. The Labute approximate surface area is 165 Å². The minimum absolute atomic E-state index is 0.0358. The van der Waals surface area contributed by atoms with Gasteiger partial charge in [-0.05, 0) is 29.8 Å². The van der Waals surface area contributed by atoms with Crippen LogP contribution in [0, 0.1) is 5.82 Å². The first-order valence-corrected chi connectivity index (χ1v) is 10.7. The Kier molecular flexibility index (Phi) is 6.43. The Hall–Kier alpha value is -2.29. The highest BCUT2D eigenvalue weighted by Gasteiger charge is 2.31. The molecule has 0 atom stereocenters. The predicted molar refractivity (Wildman–Crippen MR) is 104 cm³/mol. The van der Waals surface area contributed by atoms with Gasteiger partial charge in [-0.25, -0.2) is 12.8 Å². The van der Waals surface area contributed by atoms with Crippen molar-refractivity contribution in [1.29, 1.82) is 0 Å². The molecule has 0 aromatic heterocycles. The van der Waals surface area contributed by atoms with Crippen LogP contribution >= 0.6 is 0 Å². The highest BCUT2D eigenvalue weighted by Crippen LogP contribution is 2.16. The van der Waals surface area contributed by atoms with Crippen LogP contribution in [-0.2, 0) is 21.4 Å². The molecule has 1 N–H and O–H groups in total. The SMILES string of the molecule is CN(Cc1ccccc1)C(=O)C[NH+]1CCN(S(=O)(=O)c2ccc(F)cc2)CC1. The summed E-state index contributed by atoms with van der Waals surface area (Å²) in [5.74, 6) is -0.431. The quantitative estimate of drug-likeness (QED) is 0.754. The number of rotatable bonds is 6. The average molecular weight is 407 g/mol. The van der Waals surface area contributed by atoms with Crippen molar-refractivity contribution in [3.63, 3.8) is 0 Å². The number of amides is 1. The third kappa shape index (κ3) is 4.95. The standard InChI is InChI=1S/C20H24FN3O3S/c1-22(15-17-5-3-2-4-6-17)20(25)16-23-11-13-24(14-12-23)28(26,27)19-9-7-18(21)8-10-19/h2-10H,11-16H2,1H3/p+1. The first-order chi connectivity index (χ1) is 13.4. The van der Waals surface area contributed by atoms with E-state index >= 15 is 0 Å². The lowest BCUT2D eigenvalue weighted by Crippen LogP contribution is -3.15. The summed E-state index contributed by atoms with van der Waals surface area (Å²) in [7, 11) is -1.85. The summed E-state index contributed by atoms with van der Waals surface area (Å²) in [5, 5.41) is 0. The van der Waals surface area contributed by atoms with Crippen molar-refractivity contribution < 1.29 is 22.5 Å². The van der Waals surface area contributed by atoms with Crippen molar-refractivity contribution in [3.8, 4) is 0 Å². The largest absolute Gasteiger partial charge is 0.337 e. The molecule has 1 fully saturated rings. The van der Waals surface area contributed by atoms with E-state index in [-0.39, 0.29) is 10.8 Å². The van der Waals surface area contributed by atoms with Crippen LogP contribution in [0.25, 0.3) is 0 Å². The van der Waals surface area contributed by atoms with E-state index < -0.39 is 15.8 Å². The van der Waals surface area contributed by atoms with Crippen LogP contribution in [0.5, 0.6) is 0 Å². The van der Waals surface area contributed by atoms with Gasteiger partial charge < -0.3 is 9.80 Å². The minimum Gasteiger partial charge on any atom is -0.337 e. The second kappa shape index (κ2) is 8.81. The smallest absolute Gasteiger partial charge is 0.277 e. The monoisotopic (exact) mass is 406 g/mol. The van der Waals surface area contributed by atoms with Crippen LogP contribution in [-0.4, -0.2) is 63.3 Å². The first-order valence-electron chi connectivity index (χ1n) is 9.23. The van der Waals surface area contributed by atoms with E-state index in [0.717, 1.165) is 22.6 Å². The number of carbonyl (C=O) groups is 1. The number of quaternary nitrogens is 1. The van der Waals surface area contributed by atoms with Crippen LogP contribution in [0.15, 0.2) is 59.5 Å². The molecular formula is C20H25FN3O3S+. The van der Waals surface area contributed by atoms with Gasteiger partial charge in [0, 0.05) is 13.6 Å². The Morgan fingerprint density at radius 2 is 1.68 bits per heavy atom. The number of nitrogens with zero attached hydrogens (tertiary/aromatic N) is 2. The number of benzene rings is 2. The molecule has 0 aliphatic carbocycles. The Bertz CT molecular complexity index is 896. The van der Waals surface area contributed by atoms with E-state index in [9.17, 15) is 17.6 Å². The van der Waals surface area contributed by atoms with Crippen molar-refractivity contribution in [3.05, 3.63) is 66.0 Å².